The van der Waals surface area contributed by atoms with Gasteiger partial charge in [-0.3, -0.25) is 0 Å². The molecule has 0 saturated carbocycles. The molecule has 0 heterocycles. The third-order valence-electron chi connectivity index (χ3n) is 0. The van der Waals surface area contributed by atoms with Crippen LogP contribution in [-0.4, -0.2) is 8.41 Å². The van der Waals surface area contributed by atoms with Gasteiger partial charge < -0.3 is 0 Å². The molecule has 0 unspecified atom stereocenters. The molecule has 4 radical (unpaired) electrons. The molecule has 0 fully saturated rings. The van der Waals surface area contributed by atoms with Crippen molar-refractivity contribution in [2.75, 3.05) is 0 Å². The Kier molecular flexibility index (Phi) is 429. The first-order chi connectivity index (χ1) is 0. The molecule has 0 N–H and O–H groups in total. The fraction of sp³-hybridized carbons (Fsp3) is 1.00. The molecule has 3 heteroatoms. The third kappa shape index (κ3) is 10.5. The van der Waals surface area contributed by atoms with Crippen molar-refractivity contribution >= 4 is 8.41 Å². The summed E-state index contributed by atoms with van der Waals surface area (Å²) in [5.41, 5.74) is 0. The van der Waals surface area contributed by atoms with Crippen LogP contribution in [0.1, 0.15) is 7.43 Å². The van der Waals surface area contributed by atoms with E-state index in [4.69, 9.17) is 0 Å². The van der Waals surface area contributed by atoms with Gasteiger partial charge in [0, 0.05) is 46.3 Å². The van der Waals surface area contributed by atoms with Gasteiger partial charge >= 0.3 is 0 Å². The number of rotatable bonds is 0. The first-order valence-corrected chi connectivity index (χ1v) is 0. The summed E-state index contributed by atoms with van der Waals surface area (Å²) in [7, 11) is 0. The van der Waals surface area contributed by atoms with Crippen molar-refractivity contribution in [1.82, 2.24) is 0 Å². The fourth-order valence-electron chi connectivity index (χ4n) is 0. The van der Waals surface area contributed by atoms with Gasteiger partial charge in [0.1, 0.15) is 0 Å². The number of hydrogen-bond donors (Lipinski definition) is 0. The zero-order chi connectivity index (χ0) is 0. The van der Waals surface area contributed by atoms with Gasteiger partial charge in [0.2, 0.25) is 0 Å². The van der Waals surface area contributed by atoms with Gasteiger partial charge in [-0.1, -0.05) is 7.43 Å². The summed E-state index contributed by atoms with van der Waals surface area (Å²) in [6.07, 6.45) is 0. The zero-order valence-electron chi connectivity index (χ0n) is 1.32. The smallest absolute Gasteiger partial charge is 0 e. The second kappa shape index (κ2) is 28.5. The maximum Gasteiger partial charge on any atom is 0 e. The Balaban J connectivity index is 0. The van der Waals surface area contributed by atoms with Gasteiger partial charge in [-0.25, -0.2) is 0 Å². The van der Waals surface area contributed by atoms with Crippen LogP contribution in [0.15, 0.2) is 0 Å². The molecule has 0 saturated heterocycles. The Morgan fingerprint density at radius 1 is 1.00 bits per heavy atom. The molecule has 0 aliphatic carbocycles. The van der Waals surface area contributed by atoms with Crippen LogP contribution < -0.4 is 0 Å². The minimum Gasteiger partial charge on any atom is -0.0776 e. The molecule has 0 spiro atoms. The van der Waals surface area contributed by atoms with Crippen LogP contribution in [-0.2, 0) is 37.8 Å². The Morgan fingerprint density at radius 2 is 1.00 bits per heavy atom. The van der Waals surface area contributed by atoms with Crippen molar-refractivity contribution in [2.45, 2.75) is 7.43 Å². The summed E-state index contributed by atoms with van der Waals surface area (Å²) in [5, 5.41) is 0. The molecule has 0 aromatic rings. The molecule has 26 valence electrons. The zero-order valence-corrected chi connectivity index (χ0v) is 5.29. The van der Waals surface area contributed by atoms with Crippen LogP contribution in [0.25, 0.3) is 0 Å². The molecule has 0 aromatic heterocycles. The first kappa shape index (κ1) is 60.1. The molecule has 0 amide bonds. The van der Waals surface area contributed by atoms with Crippen molar-refractivity contribution in [3.63, 3.8) is 0 Å². The Bertz CT molecular complexity index is 8.00. The summed E-state index contributed by atoms with van der Waals surface area (Å²) in [6.45, 7) is 0. The predicted molar refractivity (Wildman–Crippen MR) is 12.5 cm³/mol. The average Bonchev–Trinajstić information content (AvgIpc) is 0. The van der Waals surface area contributed by atoms with E-state index in [1.807, 2.05) is 0 Å². The van der Waals surface area contributed by atoms with Gasteiger partial charge in [-0.05, 0) is 0 Å². The van der Waals surface area contributed by atoms with Crippen LogP contribution in [0.3, 0.4) is 0 Å². The Morgan fingerprint density at radius 3 is 1.00 bits per heavy atom. The molecular formula is CH4BCoW. The van der Waals surface area contributed by atoms with E-state index in [1.54, 1.807) is 0 Å². The first-order valence-electron chi connectivity index (χ1n) is 0. The minimum absolute atomic E-state index is 0. The quantitative estimate of drug-likeness (QED) is 0.553. The third-order valence-corrected chi connectivity index (χ3v) is 0. The summed E-state index contributed by atoms with van der Waals surface area (Å²) in [6, 6.07) is 0. The van der Waals surface area contributed by atoms with E-state index in [0.717, 1.165) is 0 Å². The monoisotopic (exact) mass is 270 g/mol. The molecule has 0 nitrogen and oxygen atoms in total. The Hall–Kier alpha value is 1.26. The van der Waals surface area contributed by atoms with Crippen molar-refractivity contribution in [3.05, 3.63) is 0 Å². The van der Waals surface area contributed by atoms with E-state index >= 15 is 0 Å². The van der Waals surface area contributed by atoms with Gasteiger partial charge in [-0.2, -0.15) is 0 Å². The van der Waals surface area contributed by atoms with Crippen LogP contribution in [0.2, 0.25) is 0 Å². The van der Waals surface area contributed by atoms with Gasteiger partial charge in [0.25, 0.3) is 0 Å². The Labute approximate surface area is 53.8 Å². The van der Waals surface area contributed by atoms with E-state index in [-0.39, 0.29) is 53.7 Å². The summed E-state index contributed by atoms with van der Waals surface area (Å²) >= 11 is 0. The molecular weight excluding hydrogens is 266 g/mol. The summed E-state index contributed by atoms with van der Waals surface area (Å²) in [5.74, 6) is 0. The second-order valence-electron chi connectivity index (χ2n) is 0. The van der Waals surface area contributed by atoms with Crippen LogP contribution in [0.5, 0.6) is 0 Å². The van der Waals surface area contributed by atoms with Crippen molar-refractivity contribution < 1.29 is 37.8 Å². The van der Waals surface area contributed by atoms with Crippen LogP contribution in [0.4, 0.5) is 0 Å². The largest absolute Gasteiger partial charge is 0.0776 e. The normalized spacial score (nSPS) is 0. The van der Waals surface area contributed by atoms with E-state index < -0.39 is 0 Å². The molecule has 0 aliphatic heterocycles. The maximum atomic E-state index is 0. The molecule has 0 aromatic carbocycles. The maximum absolute atomic E-state index is 0. The predicted octanol–water partition coefficient (Wildman–Crippen LogP) is 0.250. The molecule has 0 atom stereocenters. The van der Waals surface area contributed by atoms with Crippen molar-refractivity contribution in [3.8, 4) is 0 Å². The van der Waals surface area contributed by atoms with Crippen molar-refractivity contribution in [1.29, 1.82) is 0 Å². The number of hydrogen-bond acceptors (Lipinski definition) is 0. The molecule has 0 aliphatic rings. The fourth-order valence-corrected chi connectivity index (χ4v) is 0. The topological polar surface area (TPSA) is 0 Å². The van der Waals surface area contributed by atoms with E-state index in [2.05, 4.69) is 0 Å². The van der Waals surface area contributed by atoms with E-state index in [9.17, 15) is 0 Å². The van der Waals surface area contributed by atoms with E-state index in [0.29, 0.717) is 0 Å². The standard InChI is InChI=1S/CH4.B.Co.W/h1H4;;;. The summed E-state index contributed by atoms with van der Waals surface area (Å²) in [4.78, 5) is 0. The van der Waals surface area contributed by atoms with Crippen LogP contribution in [0, 0.1) is 0 Å². The average molecular weight is 270 g/mol. The second-order valence-corrected chi connectivity index (χ2v) is 0. The van der Waals surface area contributed by atoms with Crippen LogP contribution >= 0.6 is 0 Å². The SMILES string of the molecule is C.[B].[Co].[W]. The molecule has 4 heavy (non-hydrogen) atoms. The van der Waals surface area contributed by atoms with Gasteiger partial charge in [-0.15, -0.1) is 0 Å². The van der Waals surface area contributed by atoms with Crippen molar-refractivity contribution in [2.24, 2.45) is 0 Å². The minimum atomic E-state index is 0. The van der Waals surface area contributed by atoms with Gasteiger partial charge in [0.15, 0.2) is 0 Å². The molecule has 0 rings (SSSR count). The molecule has 0 bridgehead atoms. The summed E-state index contributed by atoms with van der Waals surface area (Å²) < 4.78 is 0. The van der Waals surface area contributed by atoms with Gasteiger partial charge in [0.05, 0.1) is 0 Å². The van der Waals surface area contributed by atoms with E-state index in [1.165, 1.54) is 0 Å².